The van der Waals surface area contributed by atoms with Gasteiger partial charge < -0.3 is 15.5 Å². The Labute approximate surface area is 185 Å². The van der Waals surface area contributed by atoms with E-state index in [1.165, 1.54) is 12.3 Å². The van der Waals surface area contributed by atoms with Gasteiger partial charge >= 0.3 is 0 Å². The van der Waals surface area contributed by atoms with Crippen LogP contribution in [-0.4, -0.2) is 55.9 Å². The van der Waals surface area contributed by atoms with Crippen molar-refractivity contribution in [3.63, 3.8) is 0 Å². The molecule has 0 radical (unpaired) electrons. The molecule has 2 N–H and O–H groups in total. The standard InChI is InChI=1S/C22H27N3O4S2/c1-31(28,29)17-7-8-21-19(15-17)25(18-5-2-3-6-20(18)30(21)27)12-4-11-24-13-9-16(10-14-24)22(23)26/h2-3,5-8,15-16H,4,9-14H2,1H3,(H2,23,26). The van der Waals surface area contributed by atoms with Gasteiger partial charge in [-0.3, -0.25) is 4.79 Å². The lowest BCUT2D eigenvalue weighted by Gasteiger charge is -2.34. The lowest BCUT2D eigenvalue weighted by Crippen LogP contribution is -2.39. The number of hydrogen-bond acceptors (Lipinski definition) is 6. The summed E-state index contributed by atoms with van der Waals surface area (Å²) in [7, 11) is -4.73. The Morgan fingerprint density at radius 2 is 1.74 bits per heavy atom. The summed E-state index contributed by atoms with van der Waals surface area (Å²) in [6.45, 7) is 3.24. The van der Waals surface area contributed by atoms with Crippen LogP contribution >= 0.6 is 0 Å². The first-order valence-electron chi connectivity index (χ1n) is 10.4. The van der Waals surface area contributed by atoms with Gasteiger partial charge in [0.2, 0.25) is 5.91 Å². The summed E-state index contributed by atoms with van der Waals surface area (Å²) in [5.74, 6) is -0.239. The number of primary amides is 1. The molecule has 1 saturated heterocycles. The van der Waals surface area contributed by atoms with E-state index in [1.807, 2.05) is 24.3 Å². The molecule has 0 spiro atoms. The number of hydrogen-bond donors (Lipinski definition) is 1. The number of nitrogens with two attached hydrogens (primary N) is 1. The zero-order valence-electron chi connectivity index (χ0n) is 17.5. The minimum Gasteiger partial charge on any atom is -0.369 e. The average Bonchev–Trinajstić information content (AvgIpc) is 2.75. The van der Waals surface area contributed by atoms with Crippen LogP contribution in [0.2, 0.25) is 0 Å². The molecule has 0 bridgehead atoms. The van der Waals surface area contributed by atoms with Crippen molar-refractivity contribution in [1.82, 2.24) is 4.90 Å². The third kappa shape index (κ3) is 4.53. The molecule has 2 aliphatic heterocycles. The first-order valence-corrected chi connectivity index (χ1v) is 13.4. The van der Waals surface area contributed by atoms with Gasteiger partial charge in [-0.1, -0.05) is 12.1 Å². The van der Waals surface area contributed by atoms with Crippen LogP contribution in [0.15, 0.2) is 57.2 Å². The summed E-state index contributed by atoms with van der Waals surface area (Å²) in [6.07, 6.45) is 3.62. The van der Waals surface area contributed by atoms with Crippen molar-refractivity contribution in [2.75, 3.05) is 37.3 Å². The normalized spacial score (nSPS) is 19.6. The molecule has 0 saturated carbocycles. The molecule has 1 amide bonds. The van der Waals surface area contributed by atoms with Gasteiger partial charge in [-0.05, 0) is 69.2 Å². The highest BCUT2D eigenvalue weighted by molar-refractivity contribution is 7.90. The zero-order chi connectivity index (χ0) is 22.2. The molecule has 7 nitrogen and oxygen atoms in total. The van der Waals surface area contributed by atoms with E-state index in [0.717, 1.165) is 49.5 Å². The van der Waals surface area contributed by atoms with Gasteiger partial charge in [0.25, 0.3) is 0 Å². The van der Waals surface area contributed by atoms with Crippen molar-refractivity contribution >= 4 is 37.9 Å². The third-order valence-electron chi connectivity index (χ3n) is 6.05. The molecule has 1 unspecified atom stereocenters. The minimum atomic E-state index is -3.38. The number of para-hydroxylation sites is 1. The second-order valence-electron chi connectivity index (χ2n) is 8.16. The van der Waals surface area contributed by atoms with Gasteiger partial charge in [0.05, 0.1) is 36.9 Å². The fourth-order valence-electron chi connectivity index (χ4n) is 4.32. The van der Waals surface area contributed by atoms with Crippen molar-refractivity contribution in [2.24, 2.45) is 11.7 Å². The Bertz CT molecular complexity index is 1130. The number of sulfone groups is 1. The summed E-state index contributed by atoms with van der Waals surface area (Å²) in [5.41, 5.74) is 6.96. The van der Waals surface area contributed by atoms with Crippen molar-refractivity contribution < 1.29 is 17.4 Å². The minimum absolute atomic E-state index is 0.0264. The van der Waals surface area contributed by atoms with E-state index in [9.17, 15) is 17.4 Å². The highest BCUT2D eigenvalue weighted by atomic mass is 32.2. The van der Waals surface area contributed by atoms with Crippen LogP contribution in [0.1, 0.15) is 19.3 Å². The van der Waals surface area contributed by atoms with Crippen molar-refractivity contribution in [2.45, 2.75) is 33.9 Å². The fraction of sp³-hybridized carbons (Fsp3) is 0.409. The summed E-state index contributed by atoms with van der Waals surface area (Å²) in [6, 6.07) is 12.4. The Kier molecular flexibility index (Phi) is 6.18. The first kappa shape index (κ1) is 22.0. The predicted octanol–water partition coefficient (Wildman–Crippen LogP) is 2.30. The average molecular weight is 462 g/mol. The quantitative estimate of drug-likeness (QED) is 0.708. The van der Waals surface area contributed by atoms with E-state index >= 15 is 0 Å². The van der Waals surface area contributed by atoms with Crippen LogP contribution < -0.4 is 10.6 Å². The van der Waals surface area contributed by atoms with E-state index in [2.05, 4.69) is 9.80 Å². The number of carbonyl (C=O) groups is 1. The molecule has 2 heterocycles. The molecule has 1 atom stereocenters. The van der Waals surface area contributed by atoms with Gasteiger partial charge in [0.1, 0.15) is 0 Å². The molecular weight excluding hydrogens is 434 g/mol. The molecule has 0 aromatic heterocycles. The van der Waals surface area contributed by atoms with E-state index in [0.29, 0.717) is 17.1 Å². The molecule has 2 aliphatic rings. The Hall–Kier alpha value is -2.23. The van der Waals surface area contributed by atoms with Crippen LogP contribution in [0.5, 0.6) is 0 Å². The van der Waals surface area contributed by atoms with Crippen LogP contribution in [-0.2, 0) is 25.4 Å². The Morgan fingerprint density at radius 3 is 2.42 bits per heavy atom. The lowest BCUT2D eigenvalue weighted by atomic mass is 9.96. The largest absolute Gasteiger partial charge is 0.369 e. The second kappa shape index (κ2) is 8.72. The maximum absolute atomic E-state index is 13.1. The number of amides is 1. The monoisotopic (exact) mass is 461 g/mol. The Balaban J connectivity index is 1.55. The number of rotatable bonds is 6. The molecule has 9 heteroatoms. The summed E-state index contributed by atoms with van der Waals surface area (Å²) < 4.78 is 37.3. The number of nitrogens with zero attached hydrogens (tertiary/aromatic N) is 2. The molecule has 0 aliphatic carbocycles. The van der Waals surface area contributed by atoms with Gasteiger partial charge in [-0.25, -0.2) is 12.6 Å². The maximum atomic E-state index is 13.1. The smallest absolute Gasteiger partial charge is 0.220 e. The third-order valence-corrected chi connectivity index (χ3v) is 8.65. The fourth-order valence-corrected chi connectivity index (χ4v) is 6.31. The van der Waals surface area contributed by atoms with Crippen molar-refractivity contribution in [3.05, 3.63) is 42.5 Å². The number of anilines is 2. The molecule has 4 rings (SSSR count). The van der Waals surface area contributed by atoms with Gasteiger partial charge in [0.15, 0.2) is 9.84 Å². The lowest BCUT2D eigenvalue weighted by molar-refractivity contribution is -0.123. The molecule has 166 valence electrons. The predicted molar refractivity (Wildman–Crippen MR) is 121 cm³/mol. The molecule has 1 fully saturated rings. The summed E-state index contributed by atoms with van der Waals surface area (Å²) in [4.78, 5) is 17.4. The number of likely N-dealkylation sites (tertiary alicyclic amines) is 1. The van der Waals surface area contributed by atoms with E-state index < -0.39 is 20.6 Å². The van der Waals surface area contributed by atoms with E-state index in [-0.39, 0.29) is 16.7 Å². The van der Waals surface area contributed by atoms with Gasteiger partial charge in [-0.2, -0.15) is 0 Å². The number of piperidine rings is 1. The van der Waals surface area contributed by atoms with Crippen LogP contribution in [0.3, 0.4) is 0 Å². The van der Waals surface area contributed by atoms with Crippen molar-refractivity contribution in [1.29, 1.82) is 0 Å². The van der Waals surface area contributed by atoms with Crippen LogP contribution in [0, 0.1) is 5.92 Å². The van der Waals surface area contributed by atoms with Gasteiger partial charge in [-0.15, -0.1) is 0 Å². The zero-order valence-corrected chi connectivity index (χ0v) is 19.1. The highest BCUT2D eigenvalue weighted by Gasteiger charge is 2.29. The van der Waals surface area contributed by atoms with E-state index in [4.69, 9.17) is 5.73 Å². The Morgan fingerprint density at radius 1 is 1.06 bits per heavy atom. The van der Waals surface area contributed by atoms with Crippen LogP contribution in [0.25, 0.3) is 0 Å². The summed E-state index contributed by atoms with van der Waals surface area (Å²) in [5, 5.41) is 0. The molecular formula is C22H27N3O4S2. The topological polar surface area (TPSA) is 101 Å². The van der Waals surface area contributed by atoms with Gasteiger partial charge in [0, 0.05) is 18.7 Å². The molecule has 2 aromatic carbocycles. The number of fused-ring (bicyclic) bond motifs is 2. The number of benzene rings is 2. The van der Waals surface area contributed by atoms with Crippen LogP contribution in [0.4, 0.5) is 11.4 Å². The second-order valence-corrected chi connectivity index (χ2v) is 11.6. The SMILES string of the molecule is CS(=O)(=O)c1ccc2c(c1)N(CCCN1CCC(C(N)=O)CC1)c1ccccc1S2=O. The highest BCUT2D eigenvalue weighted by Crippen LogP contribution is 2.42. The maximum Gasteiger partial charge on any atom is 0.220 e. The molecule has 31 heavy (non-hydrogen) atoms. The van der Waals surface area contributed by atoms with Crippen molar-refractivity contribution in [3.8, 4) is 0 Å². The number of carbonyl (C=O) groups excluding carboxylic acids is 1. The first-order chi connectivity index (χ1) is 14.8. The molecule has 2 aromatic rings. The summed E-state index contributed by atoms with van der Waals surface area (Å²) >= 11 is 0. The van der Waals surface area contributed by atoms with E-state index in [1.54, 1.807) is 12.1 Å².